The number of phenols is 1. The Hall–Kier alpha value is -3.66. The fourth-order valence-corrected chi connectivity index (χ4v) is 2.18. The Balaban J connectivity index is 2.07. The van der Waals surface area contributed by atoms with Crippen LogP contribution in [-0.4, -0.2) is 20.0 Å². The number of hydrogen-bond acceptors (Lipinski definition) is 5. The molecule has 0 atom stereocenters. The molecular weight excluding hydrogens is 296 g/mol. The first-order valence-electron chi connectivity index (χ1n) is 6.63. The molecule has 7 heteroatoms. The number of fused-ring (bicyclic) bond motifs is 1. The highest BCUT2D eigenvalue weighted by Crippen LogP contribution is 2.28. The molecule has 0 fully saturated rings. The molecule has 0 bridgehead atoms. The molecular formula is C16H10N4O3. The molecule has 112 valence electrons. The molecule has 2 aromatic carbocycles. The highest BCUT2D eigenvalue weighted by atomic mass is 16.6. The molecule has 0 spiro atoms. The summed E-state index contributed by atoms with van der Waals surface area (Å²) in [5.74, 6) is -0.0428. The number of hydrogen-bond donors (Lipinski definition) is 2. The van der Waals surface area contributed by atoms with Crippen LogP contribution >= 0.6 is 0 Å². The van der Waals surface area contributed by atoms with Gasteiger partial charge in [-0.15, -0.1) is 0 Å². The lowest BCUT2D eigenvalue weighted by Crippen LogP contribution is -1.90. The minimum atomic E-state index is -0.681. The summed E-state index contributed by atoms with van der Waals surface area (Å²) in [5, 5.41) is 29.7. The molecule has 0 saturated carbocycles. The van der Waals surface area contributed by atoms with Gasteiger partial charge < -0.3 is 10.1 Å². The second kappa shape index (κ2) is 5.61. The minimum Gasteiger partial charge on any atom is -0.502 e. The summed E-state index contributed by atoms with van der Waals surface area (Å²) < 4.78 is 0. The van der Waals surface area contributed by atoms with Gasteiger partial charge in [0.2, 0.25) is 0 Å². The van der Waals surface area contributed by atoms with Crippen molar-refractivity contribution in [1.82, 2.24) is 9.97 Å². The third-order valence-corrected chi connectivity index (χ3v) is 3.27. The van der Waals surface area contributed by atoms with Crippen molar-refractivity contribution >= 4 is 28.4 Å². The minimum absolute atomic E-state index is 0.237. The Labute approximate surface area is 130 Å². The number of aromatic nitrogens is 2. The summed E-state index contributed by atoms with van der Waals surface area (Å²) in [4.78, 5) is 17.5. The predicted molar refractivity (Wildman–Crippen MR) is 84.3 cm³/mol. The lowest BCUT2D eigenvalue weighted by molar-refractivity contribution is -0.385. The number of nitro groups is 1. The van der Waals surface area contributed by atoms with Gasteiger partial charge >= 0.3 is 5.69 Å². The highest BCUT2D eigenvalue weighted by molar-refractivity contribution is 5.90. The fraction of sp³-hybridized carbons (Fsp3) is 0. The van der Waals surface area contributed by atoms with Gasteiger partial charge in [0.1, 0.15) is 11.9 Å². The van der Waals surface area contributed by atoms with E-state index in [0.717, 1.165) is 11.0 Å². The van der Waals surface area contributed by atoms with E-state index in [1.807, 2.05) is 30.3 Å². The number of H-pyrrole nitrogens is 1. The molecule has 3 aromatic rings. The molecule has 0 radical (unpaired) electrons. The normalized spacial score (nSPS) is 11.3. The molecule has 0 aliphatic heterocycles. The van der Waals surface area contributed by atoms with Crippen LogP contribution in [0.1, 0.15) is 11.4 Å². The monoisotopic (exact) mass is 306 g/mol. The summed E-state index contributed by atoms with van der Waals surface area (Å²) in [6.07, 6.45) is 1.48. The van der Waals surface area contributed by atoms with Crippen LogP contribution < -0.4 is 0 Å². The number of rotatable bonds is 3. The first kappa shape index (κ1) is 14.3. The van der Waals surface area contributed by atoms with Crippen molar-refractivity contribution in [2.75, 3.05) is 0 Å². The molecule has 0 unspecified atom stereocenters. The van der Waals surface area contributed by atoms with Crippen LogP contribution in [0.2, 0.25) is 0 Å². The lowest BCUT2D eigenvalue weighted by Gasteiger charge is -1.99. The van der Waals surface area contributed by atoms with Gasteiger partial charge in [0, 0.05) is 6.07 Å². The van der Waals surface area contributed by atoms with Crippen molar-refractivity contribution < 1.29 is 10.0 Å². The Morgan fingerprint density at radius 3 is 2.83 bits per heavy atom. The topological polar surface area (TPSA) is 116 Å². The van der Waals surface area contributed by atoms with E-state index in [-0.39, 0.29) is 5.57 Å². The van der Waals surface area contributed by atoms with E-state index in [2.05, 4.69) is 9.97 Å². The van der Waals surface area contributed by atoms with E-state index in [1.54, 1.807) is 0 Å². The molecule has 0 aliphatic rings. The van der Waals surface area contributed by atoms with E-state index < -0.39 is 16.4 Å². The van der Waals surface area contributed by atoms with Crippen LogP contribution in [0.3, 0.4) is 0 Å². The quantitative estimate of drug-likeness (QED) is 0.437. The Morgan fingerprint density at radius 2 is 2.13 bits per heavy atom. The third-order valence-electron chi connectivity index (χ3n) is 3.27. The molecule has 0 aliphatic carbocycles. The molecule has 1 aromatic heterocycles. The van der Waals surface area contributed by atoms with Gasteiger partial charge in [0.15, 0.2) is 5.75 Å². The lowest BCUT2D eigenvalue weighted by atomic mass is 10.1. The molecule has 7 nitrogen and oxygen atoms in total. The second-order valence-corrected chi connectivity index (χ2v) is 4.78. The van der Waals surface area contributed by atoms with Crippen LogP contribution in [-0.2, 0) is 0 Å². The number of nitro benzene ring substituents is 1. The van der Waals surface area contributed by atoms with E-state index in [1.165, 1.54) is 24.3 Å². The summed E-state index contributed by atoms with van der Waals surface area (Å²) in [7, 11) is 0. The first-order chi connectivity index (χ1) is 11.1. The van der Waals surface area contributed by atoms with Crippen LogP contribution in [0.25, 0.3) is 22.7 Å². The molecule has 0 amide bonds. The summed E-state index contributed by atoms with van der Waals surface area (Å²) in [6, 6.07) is 13.3. The van der Waals surface area contributed by atoms with Crippen molar-refractivity contribution in [3.05, 3.63) is 64.0 Å². The number of aromatic amines is 1. The first-order valence-corrected chi connectivity index (χ1v) is 6.63. The van der Waals surface area contributed by atoms with Crippen molar-refractivity contribution in [2.24, 2.45) is 0 Å². The number of nitrogens with zero attached hydrogens (tertiary/aromatic N) is 3. The second-order valence-electron chi connectivity index (χ2n) is 4.78. The zero-order valence-electron chi connectivity index (χ0n) is 11.7. The third kappa shape index (κ3) is 2.73. The van der Waals surface area contributed by atoms with Gasteiger partial charge in [-0.05, 0) is 29.8 Å². The maximum Gasteiger partial charge on any atom is 0.311 e. The largest absolute Gasteiger partial charge is 0.502 e. The average molecular weight is 306 g/mol. The number of phenolic OH excluding ortho intramolecular Hbond substituents is 1. The van der Waals surface area contributed by atoms with Crippen LogP contribution in [0.4, 0.5) is 5.69 Å². The standard InChI is InChI=1S/C16H10N4O3/c17-9-11(16-18-12-3-1-2-4-13(12)19-16)7-10-5-6-15(21)14(8-10)20(22)23/h1-8,21H,(H,18,19)/b11-7+. The maximum absolute atomic E-state index is 10.9. The van der Waals surface area contributed by atoms with E-state index >= 15 is 0 Å². The molecule has 2 N–H and O–H groups in total. The van der Waals surface area contributed by atoms with Crippen LogP contribution in [0.15, 0.2) is 42.5 Å². The number of benzene rings is 2. The maximum atomic E-state index is 10.9. The van der Waals surface area contributed by atoms with Crippen LogP contribution in [0.5, 0.6) is 5.75 Å². The average Bonchev–Trinajstić information content (AvgIpc) is 2.97. The number of aromatic hydroxyl groups is 1. The zero-order chi connectivity index (χ0) is 16.4. The molecule has 3 rings (SSSR count). The van der Waals surface area contributed by atoms with Gasteiger partial charge in [-0.3, -0.25) is 10.1 Å². The Bertz CT molecular complexity index is 949. The van der Waals surface area contributed by atoms with Crippen molar-refractivity contribution in [1.29, 1.82) is 5.26 Å². The smallest absolute Gasteiger partial charge is 0.311 e. The molecule has 1 heterocycles. The van der Waals surface area contributed by atoms with Crippen molar-refractivity contribution in [3.63, 3.8) is 0 Å². The predicted octanol–water partition coefficient (Wildman–Crippen LogP) is 3.24. The van der Waals surface area contributed by atoms with E-state index in [4.69, 9.17) is 0 Å². The van der Waals surface area contributed by atoms with Gasteiger partial charge in [0.25, 0.3) is 0 Å². The highest BCUT2D eigenvalue weighted by Gasteiger charge is 2.14. The Morgan fingerprint density at radius 1 is 1.35 bits per heavy atom. The SMILES string of the molecule is N#C/C(=C\c1ccc(O)c([N+](=O)[O-])c1)c1nc2ccccc2[nH]1. The fourth-order valence-electron chi connectivity index (χ4n) is 2.18. The summed E-state index contributed by atoms with van der Waals surface area (Å²) in [6.45, 7) is 0. The summed E-state index contributed by atoms with van der Waals surface area (Å²) >= 11 is 0. The molecule has 0 saturated heterocycles. The van der Waals surface area contributed by atoms with Gasteiger partial charge in [0.05, 0.1) is 21.5 Å². The molecule has 23 heavy (non-hydrogen) atoms. The van der Waals surface area contributed by atoms with Gasteiger partial charge in [-0.2, -0.15) is 5.26 Å². The number of para-hydroxylation sites is 2. The Kier molecular flexibility index (Phi) is 3.49. The number of nitriles is 1. The zero-order valence-corrected chi connectivity index (χ0v) is 11.7. The van der Waals surface area contributed by atoms with E-state index in [0.29, 0.717) is 11.4 Å². The number of imidazole rings is 1. The summed E-state index contributed by atoms with van der Waals surface area (Å²) in [5.41, 5.74) is 1.76. The van der Waals surface area contributed by atoms with Crippen LogP contribution in [0, 0.1) is 21.4 Å². The number of nitrogens with one attached hydrogen (secondary N) is 1. The van der Waals surface area contributed by atoms with Crippen molar-refractivity contribution in [3.8, 4) is 11.8 Å². The number of allylic oxidation sites excluding steroid dienone is 1. The van der Waals surface area contributed by atoms with E-state index in [9.17, 15) is 20.5 Å². The van der Waals surface area contributed by atoms with Crippen molar-refractivity contribution in [2.45, 2.75) is 0 Å². The van der Waals surface area contributed by atoms with Gasteiger partial charge in [-0.25, -0.2) is 4.98 Å². The van der Waals surface area contributed by atoms with Gasteiger partial charge in [-0.1, -0.05) is 18.2 Å².